The minimum Gasteiger partial charge on any atom is -0.497 e. The van der Waals surface area contributed by atoms with Crippen LogP contribution in [0.5, 0.6) is 5.75 Å². The number of aromatic nitrogens is 2. The van der Waals surface area contributed by atoms with Crippen molar-refractivity contribution in [2.75, 3.05) is 12.4 Å². The molecule has 2 aromatic heterocycles. The van der Waals surface area contributed by atoms with Crippen LogP contribution in [0, 0.1) is 6.92 Å². The van der Waals surface area contributed by atoms with Gasteiger partial charge in [-0.1, -0.05) is 6.07 Å². The molecule has 9 heteroatoms. The van der Waals surface area contributed by atoms with Crippen LogP contribution in [0.3, 0.4) is 0 Å². The summed E-state index contributed by atoms with van der Waals surface area (Å²) in [6.07, 6.45) is -0.298. The van der Waals surface area contributed by atoms with Gasteiger partial charge in [-0.2, -0.15) is 13.2 Å². The summed E-state index contributed by atoms with van der Waals surface area (Å²) in [6, 6.07) is 10.7. The van der Waals surface area contributed by atoms with E-state index in [1.807, 2.05) is 0 Å². The molecule has 170 valence electrons. The molecule has 3 aromatic rings. The number of alkyl halides is 3. The van der Waals surface area contributed by atoms with Crippen molar-refractivity contribution in [3.8, 4) is 5.75 Å². The average Bonchev–Trinajstić information content (AvgIpc) is 3.24. The Morgan fingerprint density at radius 1 is 1.06 bits per heavy atom. The van der Waals surface area contributed by atoms with Gasteiger partial charge in [-0.15, -0.1) is 0 Å². The summed E-state index contributed by atoms with van der Waals surface area (Å²) in [5, 5.41) is 6.43. The standard InChI is InChI=1S/C23H25F3N4O2/c1-14-3-12-20(30-13-19(23(24,25)26)29-21(14)30)27-16-6-8-17(9-7-16)28-22(31)15-4-10-18(32-2)11-5-15/h3-5,10-13,16-17,27H,6-9H2,1-2H3,(H,28,31)/t16-,17+. The predicted molar refractivity (Wildman–Crippen MR) is 115 cm³/mol. The second-order valence-corrected chi connectivity index (χ2v) is 8.11. The molecule has 1 aliphatic rings. The maximum absolute atomic E-state index is 13.1. The van der Waals surface area contributed by atoms with Crippen molar-refractivity contribution in [2.24, 2.45) is 0 Å². The van der Waals surface area contributed by atoms with Gasteiger partial charge >= 0.3 is 6.18 Å². The first kappa shape index (κ1) is 22.0. The zero-order valence-corrected chi connectivity index (χ0v) is 17.9. The summed E-state index contributed by atoms with van der Waals surface area (Å²) in [5.74, 6) is 1.15. The number of methoxy groups -OCH3 is 1. The van der Waals surface area contributed by atoms with Crippen LogP contribution in [0.2, 0.25) is 0 Å². The molecular weight excluding hydrogens is 421 g/mol. The van der Waals surface area contributed by atoms with E-state index in [0.717, 1.165) is 31.9 Å². The van der Waals surface area contributed by atoms with Gasteiger partial charge < -0.3 is 15.4 Å². The van der Waals surface area contributed by atoms with Gasteiger partial charge in [-0.25, -0.2) is 4.98 Å². The number of pyridine rings is 1. The molecule has 0 radical (unpaired) electrons. The third-order valence-corrected chi connectivity index (χ3v) is 5.87. The number of carbonyl (C=O) groups excluding carboxylic acids is 1. The summed E-state index contributed by atoms with van der Waals surface area (Å²) >= 11 is 0. The first-order valence-electron chi connectivity index (χ1n) is 10.5. The largest absolute Gasteiger partial charge is 0.497 e. The Hall–Kier alpha value is -3.23. The van der Waals surface area contributed by atoms with E-state index in [2.05, 4.69) is 15.6 Å². The summed E-state index contributed by atoms with van der Waals surface area (Å²) < 4.78 is 45.9. The number of nitrogens with zero attached hydrogens (tertiary/aromatic N) is 2. The minimum absolute atomic E-state index is 0.0609. The van der Waals surface area contributed by atoms with Gasteiger partial charge in [0.2, 0.25) is 0 Å². The second-order valence-electron chi connectivity index (χ2n) is 8.11. The molecule has 0 bridgehead atoms. The number of aryl methyl sites for hydroxylation is 1. The molecule has 1 fully saturated rings. The second kappa shape index (κ2) is 8.72. The molecule has 32 heavy (non-hydrogen) atoms. The monoisotopic (exact) mass is 446 g/mol. The van der Waals surface area contributed by atoms with Crippen molar-refractivity contribution in [3.05, 3.63) is 59.4 Å². The molecule has 1 saturated carbocycles. The highest BCUT2D eigenvalue weighted by Gasteiger charge is 2.34. The highest BCUT2D eigenvalue weighted by atomic mass is 19.4. The molecule has 1 aliphatic carbocycles. The van der Waals surface area contributed by atoms with Gasteiger partial charge in [-0.05, 0) is 68.5 Å². The number of amides is 1. The number of fused-ring (bicyclic) bond motifs is 1. The van der Waals surface area contributed by atoms with Crippen LogP contribution in [-0.2, 0) is 6.18 Å². The number of rotatable bonds is 5. The van der Waals surface area contributed by atoms with Crippen LogP contribution in [-0.4, -0.2) is 34.5 Å². The fourth-order valence-corrected chi connectivity index (χ4v) is 4.06. The van der Waals surface area contributed by atoms with Crippen molar-refractivity contribution >= 4 is 17.4 Å². The van der Waals surface area contributed by atoms with Gasteiger partial charge in [-0.3, -0.25) is 9.20 Å². The van der Waals surface area contributed by atoms with Crippen LogP contribution in [0.4, 0.5) is 19.0 Å². The molecular formula is C23H25F3N4O2. The highest BCUT2D eigenvalue weighted by Crippen LogP contribution is 2.31. The lowest BCUT2D eigenvalue weighted by Gasteiger charge is -2.30. The molecule has 1 aromatic carbocycles. The van der Waals surface area contributed by atoms with E-state index in [9.17, 15) is 18.0 Å². The number of carbonyl (C=O) groups is 1. The Balaban J connectivity index is 1.38. The summed E-state index contributed by atoms with van der Waals surface area (Å²) in [5.41, 5.74) is 0.646. The number of nitrogens with one attached hydrogen (secondary N) is 2. The Bertz CT molecular complexity index is 1100. The predicted octanol–water partition coefficient (Wildman–Crippen LogP) is 4.82. The van der Waals surface area contributed by atoms with Crippen molar-refractivity contribution in [2.45, 2.75) is 50.9 Å². The Morgan fingerprint density at radius 3 is 2.34 bits per heavy atom. The van der Waals surface area contributed by atoms with Gasteiger partial charge in [0.1, 0.15) is 17.2 Å². The van der Waals surface area contributed by atoms with E-state index in [1.54, 1.807) is 50.4 Å². The van der Waals surface area contributed by atoms with E-state index in [1.165, 1.54) is 4.40 Å². The van der Waals surface area contributed by atoms with Crippen molar-refractivity contribution < 1.29 is 22.7 Å². The number of ether oxygens (including phenoxy) is 1. The van der Waals surface area contributed by atoms with Gasteiger partial charge in [0, 0.05) is 23.8 Å². The zero-order valence-electron chi connectivity index (χ0n) is 17.9. The number of imidazole rings is 1. The lowest BCUT2D eigenvalue weighted by Crippen LogP contribution is -2.40. The zero-order chi connectivity index (χ0) is 22.9. The highest BCUT2D eigenvalue weighted by molar-refractivity contribution is 5.94. The molecule has 1 amide bonds. The van der Waals surface area contributed by atoms with E-state index >= 15 is 0 Å². The normalized spacial score (nSPS) is 19.0. The molecule has 6 nitrogen and oxygen atoms in total. The van der Waals surface area contributed by atoms with Crippen molar-refractivity contribution in [1.29, 1.82) is 0 Å². The number of hydrogen-bond donors (Lipinski definition) is 2. The first-order valence-corrected chi connectivity index (χ1v) is 10.5. The molecule has 0 spiro atoms. The number of halogens is 3. The fourth-order valence-electron chi connectivity index (χ4n) is 4.06. The Morgan fingerprint density at radius 2 is 1.72 bits per heavy atom. The first-order chi connectivity index (χ1) is 15.2. The molecule has 2 N–H and O–H groups in total. The molecule has 0 atom stereocenters. The van der Waals surface area contributed by atoms with Gasteiger partial charge in [0.25, 0.3) is 5.91 Å². The van der Waals surface area contributed by atoms with Crippen molar-refractivity contribution in [3.63, 3.8) is 0 Å². The van der Waals surface area contributed by atoms with E-state index < -0.39 is 11.9 Å². The molecule has 4 rings (SSSR count). The average molecular weight is 446 g/mol. The summed E-state index contributed by atoms with van der Waals surface area (Å²) in [6.45, 7) is 1.74. The van der Waals surface area contributed by atoms with E-state index in [0.29, 0.717) is 28.3 Å². The maximum atomic E-state index is 13.1. The minimum atomic E-state index is -4.49. The lowest BCUT2D eigenvalue weighted by molar-refractivity contribution is -0.140. The van der Waals surface area contributed by atoms with E-state index in [4.69, 9.17) is 4.74 Å². The molecule has 2 heterocycles. The van der Waals surface area contributed by atoms with Crippen LogP contribution in [0.15, 0.2) is 42.6 Å². The Labute approximate surface area is 183 Å². The number of anilines is 1. The van der Waals surface area contributed by atoms with Gasteiger partial charge in [0.15, 0.2) is 5.69 Å². The van der Waals surface area contributed by atoms with Crippen LogP contribution in [0.25, 0.3) is 5.65 Å². The molecule has 0 saturated heterocycles. The number of hydrogen-bond acceptors (Lipinski definition) is 4. The van der Waals surface area contributed by atoms with E-state index in [-0.39, 0.29) is 18.0 Å². The maximum Gasteiger partial charge on any atom is 0.434 e. The van der Waals surface area contributed by atoms with Crippen LogP contribution >= 0.6 is 0 Å². The Kier molecular flexibility index (Phi) is 5.99. The topological polar surface area (TPSA) is 67.7 Å². The SMILES string of the molecule is COc1ccc(C(=O)N[C@H]2CC[C@@H](Nc3ccc(C)c4nc(C(F)(F)F)cn34)CC2)cc1. The molecule has 0 unspecified atom stereocenters. The smallest absolute Gasteiger partial charge is 0.434 e. The quantitative estimate of drug-likeness (QED) is 0.590. The number of benzene rings is 1. The van der Waals surface area contributed by atoms with Gasteiger partial charge in [0.05, 0.1) is 7.11 Å². The van der Waals surface area contributed by atoms with Crippen molar-refractivity contribution in [1.82, 2.24) is 14.7 Å². The summed E-state index contributed by atoms with van der Waals surface area (Å²) in [4.78, 5) is 16.2. The molecule has 0 aliphatic heterocycles. The lowest BCUT2D eigenvalue weighted by atomic mass is 9.91. The van der Waals surface area contributed by atoms with Crippen LogP contribution in [0.1, 0.15) is 47.3 Å². The summed E-state index contributed by atoms with van der Waals surface area (Å²) in [7, 11) is 1.57. The fraction of sp³-hybridized carbons (Fsp3) is 0.391. The third-order valence-electron chi connectivity index (χ3n) is 5.87. The third kappa shape index (κ3) is 4.66. The van der Waals surface area contributed by atoms with Crippen LogP contribution < -0.4 is 15.4 Å².